The molecule has 0 bridgehead atoms. The zero-order chi connectivity index (χ0) is 18.7. The van der Waals surface area contributed by atoms with E-state index in [1.165, 1.54) is 12.1 Å². The maximum atomic E-state index is 13.1. The smallest absolute Gasteiger partial charge is 0.191 e. The van der Waals surface area contributed by atoms with E-state index in [2.05, 4.69) is 31.4 Å². The fraction of sp³-hybridized carbons (Fsp3) is 0.650. The van der Waals surface area contributed by atoms with Gasteiger partial charge in [-0.1, -0.05) is 39.3 Å². The molecule has 0 saturated heterocycles. The van der Waals surface area contributed by atoms with Crippen LogP contribution in [0.4, 0.5) is 4.39 Å². The van der Waals surface area contributed by atoms with Crippen molar-refractivity contribution in [2.24, 2.45) is 10.9 Å². The molecule has 6 heteroatoms. The summed E-state index contributed by atoms with van der Waals surface area (Å²) in [4.78, 5) is 4.71. The Kier molecular flexibility index (Phi) is 12.8. The van der Waals surface area contributed by atoms with Crippen molar-refractivity contribution in [3.8, 4) is 0 Å². The number of hydrogen-bond donors (Lipinski definition) is 3. The quantitative estimate of drug-likeness (QED) is 0.269. The van der Waals surface area contributed by atoms with Gasteiger partial charge in [-0.15, -0.1) is 24.0 Å². The number of aliphatic hydroxyl groups excluding tert-OH is 1. The molecule has 26 heavy (non-hydrogen) atoms. The lowest BCUT2D eigenvalue weighted by Gasteiger charge is -2.24. The Morgan fingerprint density at radius 1 is 1.15 bits per heavy atom. The first-order valence-corrected chi connectivity index (χ1v) is 9.32. The molecule has 4 nitrogen and oxygen atoms in total. The van der Waals surface area contributed by atoms with E-state index >= 15 is 0 Å². The van der Waals surface area contributed by atoms with Gasteiger partial charge in [0.1, 0.15) is 5.82 Å². The Labute approximate surface area is 175 Å². The fourth-order valence-corrected chi connectivity index (χ4v) is 2.79. The number of nitrogens with zero attached hydrogens (tertiary/aromatic N) is 1. The summed E-state index contributed by atoms with van der Waals surface area (Å²) in [6.45, 7) is 10.8. The molecule has 1 aromatic carbocycles. The van der Waals surface area contributed by atoms with E-state index in [9.17, 15) is 9.50 Å². The highest BCUT2D eigenvalue weighted by Gasteiger charge is 2.20. The van der Waals surface area contributed by atoms with E-state index in [1.807, 2.05) is 19.1 Å². The lowest BCUT2D eigenvalue weighted by Crippen LogP contribution is -2.41. The van der Waals surface area contributed by atoms with Gasteiger partial charge in [-0.2, -0.15) is 0 Å². The second-order valence-corrected chi connectivity index (χ2v) is 7.13. The first kappa shape index (κ1) is 25.1. The lowest BCUT2D eigenvalue weighted by molar-refractivity contribution is 0.251. The summed E-state index contributed by atoms with van der Waals surface area (Å²) in [7, 11) is 0. The van der Waals surface area contributed by atoms with Crippen molar-refractivity contribution >= 4 is 29.9 Å². The zero-order valence-electron chi connectivity index (χ0n) is 16.5. The molecule has 0 spiro atoms. The van der Waals surface area contributed by atoms with Gasteiger partial charge in [-0.3, -0.25) is 4.99 Å². The van der Waals surface area contributed by atoms with E-state index in [4.69, 9.17) is 4.99 Å². The van der Waals surface area contributed by atoms with Gasteiger partial charge in [0.05, 0.1) is 6.54 Å². The maximum absolute atomic E-state index is 13.1. The van der Waals surface area contributed by atoms with Crippen LogP contribution in [0.25, 0.3) is 0 Å². The van der Waals surface area contributed by atoms with Gasteiger partial charge in [0.2, 0.25) is 0 Å². The molecule has 150 valence electrons. The number of hydrogen-bond acceptors (Lipinski definition) is 2. The summed E-state index contributed by atoms with van der Waals surface area (Å²) in [5, 5.41) is 15.9. The second-order valence-electron chi connectivity index (χ2n) is 7.13. The first-order valence-electron chi connectivity index (χ1n) is 9.32. The van der Waals surface area contributed by atoms with Crippen molar-refractivity contribution in [3.63, 3.8) is 0 Å². The monoisotopic (exact) mass is 479 g/mol. The largest absolute Gasteiger partial charge is 0.396 e. The Bertz CT molecular complexity index is 514. The maximum Gasteiger partial charge on any atom is 0.191 e. The molecule has 0 aliphatic rings. The van der Waals surface area contributed by atoms with Crippen LogP contribution >= 0.6 is 24.0 Å². The van der Waals surface area contributed by atoms with Crippen molar-refractivity contribution in [1.82, 2.24) is 10.6 Å². The molecule has 0 amide bonds. The summed E-state index contributed by atoms with van der Waals surface area (Å²) in [5.74, 6) is 1.02. The van der Waals surface area contributed by atoms with Crippen molar-refractivity contribution in [1.29, 1.82) is 0 Å². The standard InChI is InChI=1S/C20H34FN3O.HI/c1-5-7-16(12-13-25)14-23-19(22-6-2)24-15-20(3,4)17-8-10-18(21)11-9-17;/h8-11,16,25H,5-7,12-15H2,1-4H3,(H2,22,23,24);1H. The first-order chi connectivity index (χ1) is 11.9. The number of benzene rings is 1. The molecule has 0 aromatic heterocycles. The fourth-order valence-electron chi connectivity index (χ4n) is 2.79. The number of aliphatic imine (C=N–C) groups is 1. The highest BCUT2D eigenvalue weighted by atomic mass is 127. The number of guanidine groups is 1. The molecule has 1 aromatic rings. The van der Waals surface area contributed by atoms with Crippen LogP contribution in [0.2, 0.25) is 0 Å². The van der Waals surface area contributed by atoms with Crippen LogP contribution in [0.15, 0.2) is 29.3 Å². The van der Waals surface area contributed by atoms with Crippen molar-refractivity contribution in [2.75, 3.05) is 26.2 Å². The number of nitrogens with one attached hydrogen (secondary N) is 2. The van der Waals surface area contributed by atoms with Crippen LogP contribution < -0.4 is 10.6 Å². The third-order valence-corrected chi connectivity index (χ3v) is 4.39. The summed E-state index contributed by atoms with van der Waals surface area (Å²) in [6, 6.07) is 6.64. The minimum absolute atomic E-state index is 0. The topological polar surface area (TPSA) is 56.6 Å². The third kappa shape index (κ3) is 9.16. The Morgan fingerprint density at radius 2 is 1.81 bits per heavy atom. The Balaban J connectivity index is 0.00000625. The number of halogens is 2. The molecule has 3 N–H and O–H groups in total. The Morgan fingerprint density at radius 3 is 2.35 bits per heavy atom. The van der Waals surface area contributed by atoms with Gasteiger partial charge < -0.3 is 15.7 Å². The van der Waals surface area contributed by atoms with Crippen LogP contribution in [-0.2, 0) is 5.41 Å². The van der Waals surface area contributed by atoms with E-state index in [0.717, 1.165) is 43.9 Å². The third-order valence-electron chi connectivity index (χ3n) is 4.39. The highest BCUT2D eigenvalue weighted by molar-refractivity contribution is 14.0. The summed E-state index contributed by atoms with van der Waals surface area (Å²) in [5.41, 5.74) is 0.891. The van der Waals surface area contributed by atoms with E-state index in [1.54, 1.807) is 0 Å². The van der Waals surface area contributed by atoms with Gasteiger partial charge in [0, 0.05) is 25.1 Å². The van der Waals surface area contributed by atoms with Crippen LogP contribution in [0.5, 0.6) is 0 Å². The van der Waals surface area contributed by atoms with E-state index in [-0.39, 0.29) is 41.8 Å². The molecule has 0 aliphatic heterocycles. The van der Waals surface area contributed by atoms with Gasteiger partial charge in [0.15, 0.2) is 5.96 Å². The second kappa shape index (κ2) is 13.3. The molecule has 1 unspecified atom stereocenters. The molecule has 0 aliphatic carbocycles. The lowest BCUT2D eigenvalue weighted by atomic mass is 9.85. The van der Waals surface area contributed by atoms with Gasteiger partial charge in [-0.05, 0) is 43.4 Å². The van der Waals surface area contributed by atoms with Crippen molar-refractivity contribution in [3.05, 3.63) is 35.6 Å². The molecule has 0 heterocycles. The molecular weight excluding hydrogens is 444 g/mol. The normalized spacial score (nSPS) is 13.1. The van der Waals surface area contributed by atoms with Crippen LogP contribution in [0.1, 0.15) is 52.5 Å². The summed E-state index contributed by atoms with van der Waals surface area (Å²) >= 11 is 0. The molecule has 0 radical (unpaired) electrons. The molecule has 1 rings (SSSR count). The van der Waals surface area contributed by atoms with Crippen LogP contribution in [-0.4, -0.2) is 37.3 Å². The van der Waals surface area contributed by atoms with Crippen LogP contribution in [0, 0.1) is 11.7 Å². The SMILES string of the molecule is CCCC(CCO)CNC(=NCC(C)(C)c1ccc(F)cc1)NCC.I. The molecule has 0 saturated carbocycles. The van der Waals surface area contributed by atoms with Gasteiger partial charge in [0.25, 0.3) is 0 Å². The van der Waals surface area contributed by atoms with Gasteiger partial charge in [-0.25, -0.2) is 4.39 Å². The minimum atomic E-state index is -0.219. The van der Waals surface area contributed by atoms with Crippen molar-refractivity contribution < 1.29 is 9.50 Å². The highest BCUT2D eigenvalue weighted by Crippen LogP contribution is 2.23. The number of rotatable bonds is 10. The van der Waals surface area contributed by atoms with E-state index in [0.29, 0.717) is 12.5 Å². The van der Waals surface area contributed by atoms with Gasteiger partial charge >= 0.3 is 0 Å². The summed E-state index contributed by atoms with van der Waals surface area (Å²) < 4.78 is 13.1. The average molecular weight is 479 g/mol. The molecule has 1 atom stereocenters. The van der Waals surface area contributed by atoms with Crippen LogP contribution in [0.3, 0.4) is 0 Å². The Hall–Kier alpha value is -0.890. The molecule has 0 fully saturated rings. The average Bonchev–Trinajstić information content (AvgIpc) is 2.58. The molecular formula is C20H35FIN3O. The zero-order valence-corrected chi connectivity index (χ0v) is 18.8. The predicted octanol–water partition coefficient (Wildman–Crippen LogP) is 4.08. The number of aliphatic hydroxyl groups is 1. The predicted molar refractivity (Wildman–Crippen MR) is 119 cm³/mol. The summed E-state index contributed by atoms with van der Waals surface area (Å²) in [6.07, 6.45) is 3.01. The van der Waals surface area contributed by atoms with Crippen molar-refractivity contribution in [2.45, 2.75) is 52.4 Å². The minimum Gasteiger partial charge on any atom is -0.396 e. The van der Waals surface area contributed by atoms with E-state index < -0.39 is 0 Å².